The lowest BCUT2D eigenvalue weighted by Gasteiger charge is -2.34. The summed E-state index contributed by atoms with van der Waals surface area (Å²) in [6.45, 7) is 5.05. The minimum Gasteiger partial charge on any atom is -0.343 e. The molecule has 0 radical (unpaired) electrons. The van der Waals surface area contributed by atoms with Crippen LogP contribution in [0.5, 0.6) is 0 Å². The third-order valence-corrected chi connectivity index (χ3v) is 5.48. The first-order valence-electron chi connectivity index (χ1n) is 10.9. The van der Waals surface area contributed by atoms with E-state index in [0.29, 0.717) is 31.7 Å². The van der Waals surface area contributed by atoms with Gasteiger partial charge in [0.1, 0.15) is 0 Å². The van der Waals surface area contributed by atoms with Crippen molar-refractivity contribution in [3.05, 3.63) is 64.7 Å². The second kappa shape index (κ2) is 10.7. The summed E-state index contributed by atoms with van der Waals surface area (Å²) in [6.07, 6.45) is -4.57. The number of nitrogens with one attached hydrogen (secondary N) is 2. The molecule has 2 aromatic carbocycles. The van der Waals surface area contributed by atoms with E-state index >= 15 is 0 Å². The SMILES string of the molecule is Cc1cc(C)cc(C(=O)NCC(=O)N2CCN(CC(=O)Nc3ccccc3C(F)(F)F)CC2)c1. The molecule has 2 aromatic rings. The molecule has 1 saturated heterocycles. The molecule has 1 fully saturated rings. The van der Waals surface area contributed by atoms with Gasteiger partial charge in [-0.2, -0.15) is 13.2 Å². The number of amides is 3. The van der Waals surface area contributed by atoms with Crippen molar-refractivity contribution in [1.29, 1.82) is 0 Å². The van der Waals surface area contributed by atoms with Gasteiger partial charge in [0.05, 0.1) is 24.3 Å². The third-order valence-electron chi connectivity index (χ3n) is 5.48. The van der Waals surface area contributed by atoms with E-state index in [9.17, 15) is 27.6 Å². The molecule has 2 N–H and O–H groups in total. The lowest BCUT2D eigenvalue weighted by atomic mass is 10.1. The van der Waals surface area contributed by atoms with Crippen LogP contribution >= 0.6 is 0 Å². The molecule has 3 amide bonds. The van der Waals surface area contributed by atoms with Gasteiger partial charge in [0.2, 0.25) is 11.8 Å². The van der Waals surface area contributed by atoms with Crippen molar-refractivity contribution in [2.75, 3.05) is 44.6 Å². The van der Waals surface area contributed by atoms with E-state index in [1.807, 2.05) is 19.9 Å². The van der Waals surface area contributed by atoms with E-state index in [1.165, 1.54) is 18.2 Å². The molecule has 182 valence electrons. The lowest BCUT2D eigenvalue weighted by molar-refractivity contribution is -0.137. The molecule has 1 aliphatic rings. The minimum atomic E-state index is -4.57. The maximum atomic E-state index is 13.1. The van der Waals surface area contributed by atoms with Crippen LogP contribution in [0.1, 0.15) is 27.0 Å². The summed E-state index contributed by atoms with van der Waals surface area (Å²) in [7, 11) is 0. The highest BCUT2D eigenvalue weighted by Crippen LogP contribution is 2.34. The fourth-order valence-corrected chi connectivity index (χ4v) is 3.86. The number of anilines is 1. The summed E-state index contributed by atoms with van der Waals surface area (Å²) < 4.78 is 39.3. The van der Waals surface area contributed by atoms with E-state index in [2.05, 4.69) is 10.6 Å². The first-order valence-corrected chi connectivity index (χ1v) is 10.9. The molecular weight excluding hydrogens is 449 g/mol. The number of alkyl halides is 3. The molecule has 0 bridgehead atoms. The van der Waals surface area contributed by atoms with E-state index < -0.39 is 17.6 Å². The maximum absolute atomic E-state index is 13.1. The molecule has 0 saturated carbocycles. The molecule has 1 heterocycles. The summed E-state index contributed by atoms with van der Waals surface area (Å²) in [6, 6.07) is 10.3. The topological polar surface area (TPSA) is 81.8 Å². The Kier molecular flexibility index (Phi) is 7.93. The van der Waals surface area contributed by atoms with Crippen molar-refractivity contribution < 1.29 is 27.6 Å². The number of nitrogens with zero attached hydrogens (tertiary/aromatic N) is 2. The average molecular weight is 476 g/mol. The Balaban J connectivity index is 1.45. The van der Waals surface area contributed by atoms with Crippen LogP contribution in [0.15, 0.2) is 42.5 Å². The minimum absolute atomic E-state index is 0.0856. The fourth-order valence-electron chi connectivity index (χ4n) is 3.86. The number of rotatable bonds is 6. The van der Waals surface area contributed by atoms with Crippen LogP contribution in [0.3, 0.4) is 0 Å². The van der Waals surface area contributed by atoms with Crippen LogP contribution in [-0.4, -0.2) is 66.8 Å². The van der Waals surface area contributed by atoms with Gasteiger partial charge in [-0.05, 0) is 38.1 Å². The van der Waals surface area contributed by atoms with Crippen LogP contribution in [0.2, 0.25) is 0 Å². The Bertz CT molecular complexity index is 1040. The molecule has 3 rings (SSSR count). The van der Waals surface area contributed by atoms with Crippen LogP contribution in [0.25, 0.3) is 0 Å². The van der Waals surface area contributed by atoms with Crippen LogP contribution in [-0.2, 0) is 15.8 Å². The van der Waals surface area contributed by atoms with E-state index in [1.54, 1.807) is 21.9 Å². The first kappa shape index (κ1) is 25.2. The normalized spacial score (nSPS) is 14.6. The zero-order valence-electron chi connectivity index (χ0n) is 19.0. The average Bonchev–Trinajstić information content (AvgIpc) is 2.76. The number of piperazine rings is 1. The zero-order valence-corrected chi connectivity index (χ0v) is 19.0. The van der Waals surface area contributed by atoms with Crippen LogP contribution in [0, 0.1) is 13.8 Å². The second-order valence-corrected chi connectivity index (χ2v) is 8.31. The van der Waals surface area contributed by atoms with Gasteiger partial charge in [-0.15, -0.1) is 0 Å². The van der Waals surface area contributed by atoms with Crippen molar-refractivity contribution in [1.82, 2.24) is 15.1 Å². The molecule has 0 spiro atoms. The van der Waals surface area contributed by atoms with Crippen molar-refractivity contribution in [3.8, 4) is 0 Å². The highest BCUT2D eigenvalue weighted by atomic mass is 19.4. The van der Waals surface area contributed by atoms with Gasteiger partial charge in [0.15, 0.2) is 0 Å². The van der Waals surface area contributed by atoms with E-state index in [0.717, 1.165) is 17.2 Å². The molecule has 0 unspecified atom stereocenters. The molecule has 34 heavy (non-hydrogen) atoms. The van der Waals surface area contributed by atoms with Gasteiger partial charge in [-0.25, -0.2) is 0 Å². The van der Waals surface area contributed by atoms with Crippen molar-refractivity contribution in [2.45, 2.75) is 20.0 Å². The van der Waals surface area contributed by atoms with Crippen molar-refractivity contribution in [2.24, 2.45) is 0 Å². The Labute approximate surface area is 195 Å². The molecule has 10 heteroatoms. The molecule has 7 nitrogen and oxygen atoms in total. The van der Waals surface area contributed by atoms with Crippen molar-refractivity contribution in [3.63, 3.8) is 0 Å². The van der Waals surface area contributed by atoms with Crippen LogP contribution < -0.4 is 10.6 Å². The largest absolute Gasteiger partial charge is 0.418 e. The Morgan fingerprint density at radius 2 is 1.56 bits per heavy atom. The maximum Gasteiger partial charge on any atom is 0.418 e. The Morgan fingerprint density at radius 1 is 0.941 bits per heavy atom. The molecule has 0 aromatic heterocycles. The second-order valence-electron chi connectivity index (χ2n) is 8.31. The van der Waals surface area contributed by atoms with Gasteiger partial charge in [0.25, 0.3) is 5.91 Å². The van der Waals surface area contributed by atoms with Gasteiger partial charge < -0.3 is 15.5 Å². The van der Waals surface area contributed by atoms with E-state index in [-0.39, 0.29) is 30.6 Å². The van der Waals surface area contributed by atoms with Crippen LogP contribution in [0.4, 0.5) is 18.9 Å². The standard InChI is InChI=1S/C24H27F3N4O3/c1-16-11-17(2)13-18(12-16)23(34)28-14-22(33)31-9-7-30(8-10-31)15-21(32)29-20-6-4-3-5-19(20)24(25,26)27/h3-6,11-13H,7-10,14-15H2,1-2H3,(H,28,34)(H,29,32). The smallest absolute Gasteiger partial charge is 0.343 e. The Hall–Kier alpha value is -3.40. The number of para-hydroxylation sites is 1. The number of halogens is 3. The van der Waals surface area contributed by atoms with Gasteiger partial charge in [-0.1, -0.05) is 29.3 Å². The summed E-state index contributed by atoms with van der Waals surface area (Å²) >= 11 is 0. The Morgan fingerprint density at radius 3 is 2.18 bits per heavy atom. The van der Waals surface area contributed by atoms with Gasteiger partial charge in [0, 0.05) is 31.7 Å². The highest BCUT2D eigenvalue weighted by Gasteiger charge is 2.33. The quantitative estimate of drug-likeness (QED) is 0.672. The number of benzene rings is 2. The summed E-state index contributed by atoms with van der Waals surface area (Å²) in [5, 5.41) is 4.96. The van der Waals surface area contributed by atoms with Gasteiger partial charge >= 0.3 is 6.18 Å². The van der Waals surface area contributed by atoms with Crippen molar-refractivity contribution >= 4 is 23.4 Å². The monoisotopic (exact) mass is 476 g/mol. The number of hydrogen-bond acceptors (Lipinski definition) is 4. The predicted molar refractivity (Wildman–Crippen MR) is 121 cm³/mol. The lowest BCUT2D eigenvalue weighted by Crippen LogP contribution is -2.52. The third kappa shape index (κ3) is 6.80. The molecule has 0 aliphatic carbocycles. The van der Waals surface area contributed by atoms with Gasteiger partial charge in [-0.3, -0.25) is 19.3 Å². The fraction of sp³-hybridized carbons (Fsp3) is 0.375. The zero-order chi connectivity index (χ0) is 24.9. The molecule has 0 atom stereocenters. The predicted octanol–water partition coefficient (Wildman–Crippen LogP) is 2.83. The highest BCUT2D eigenvalue weighted by molar-refractivity contribution is 5.97. The molecular formula is C24H27F3N4O3. The van der Waals surface area contributed by atoms with E-state index in [4.69, 9.17) is 0 Å². The first-order chi connectivity index (χ1) is 16.0. The number of aryl methyl sites for hydroxylation is 2. The summed E-state index contributed by atoms with van der Waals surface area (Å²) in [4.78, 5) is 40.5. The number of carbonyl (C=O) groups excluding carboxylic acids is 3. The number of carbonyl (C=O) groups is 3. The molecule has 1 aliphatic heterocycles. The summed E-state index contributed by atoms with van der Waals surface area (Å²) in [5.41, 5.74) is 1.22. The summed E-state index contributed by atoms with van der Waals surface area (Å²) in [5.74, 6) is -1.12. The number of hydrogen-bond donors (Lipinski definition) is 2.